The SMILES string of the molecule is CCCc1nc([C@@H]2CC(=O)N(C)C2)cc(=O)[nH]1. The number of carbonyl (C=O) groups excluding carboxylic acids is 1. The second-order valence-electron chi connectivity index (χ2n) is 4.54. The second kappa shape index (κ2) is 4.69. The summed E-state index contributed by atoms with van der Waals surface area (Å²) in [5.74, 6) is 0.900. The molecular formula is C12H17N3O2. The normalized spacial score (nSPS) is 20.0. The summed E-state index contributed by atoms with van der Waals surface area (Å²) in [6.45, 7) is 2.69. The lowest BCUT2D eigenvalue weighted by atomic mass is 10.0. The summed E-state index contributed by atoms with van der Waals surface area (Å²) in [5, 5.41) is 0. The monoisotopic (exact) mass is 235 g/mol. The molecule has 92 valence electrons. The van der Waals surface area contributed by atoms with Gasteiger partial charge in [-0.15, -0.1) is 0 Å². The third-order valence-corrected chi connectivity index (χ3v) is 3.06. The van der Waals surface area contributed by atoms with E-state index in [2.05, 4.69) is 9.97 Å². The van der Waals surface area contributed by atoms with Crippen LogP contribution in [0.15, 0.2) is 10.9 Å². The summed E-state index contributed by atoms with van der Waals surface area (Å²) in [6.07, 6.45) is 2.16. The largest absolute Gasteiger partial charge is 0.345 e. The maximum atomic E-state index is 11.5. The maximum absolute atomic E-state index is 11.5. The molecule has 0 bridgehead atoms. The van der Waals surface area contributed by atoms with Gasteiger partial charge in [0.2, 0.25) is 5.91 Å². The highest BCUT2D eigenvalue weighted by molar-refractivity contribution is 5.79. The zero-order valence-electron chi connectivity index (χ0n) is 10.2. The topological polar surface area (TPSA) is 66.1 Å². The zero-order valence-corrected chi connectivity index (χ0v) is 10.2. The molecule has 17 heavy (non-hydrogen) atoms. The van der Waals surface area contributed by atoms with Gasteiger partial charge in [-0.3, -0.25) is 9.59 Å². The van der Waals surface area contributed by atoms with Gasteiger partial charge >= 0.3 is 0 Å². The second-order valence-corrected chi connectivity index (χ2v) is 4.54. The first-order chi connectivity index (χ1) is 8.10. The number of aryl methyl sites for hydroxylation is 1. The fourth-order valence-corrected chi connectivity index (χ4v) is 2.15. The highest BCUT2D eigenvalue weighted by atomic mass is 16.2. The van der Waals surface area contributed by atoms with Gasteiger partial charge in [-0.05, 0) is 6.42 Å². The molecule has 0 aliphatic carbocycles. The zero-order chi connectivity index (χ0) is 12.4. The molecule has 0 saturated carbocycles. The molecule has 1 aromatic rings. The van der Waals surface area contributed by atoms with Crippen LogP contribution in [0.3, 0.4) is 0 Å². The number of amides is 1. The number of carbonyl (C=O) groups is 1. The lowest BCUT2D eigenvalue weighted by Crippen LogP contribution is -2.19. The number of nitrogens with zero attached hydrogens (tertiary/aromatic N) is 2. The Kier molecular flexibility index (Phi) is 3.26. The third kappa shape index (κ3) is 2.54. The van der Waals surface area contributed by atoms with Crippen molar-refractivity contribution in [3.8, 4) is 0 Å². The fraction of sp³-hybridized carbons (Fsp3) is 0.583. The van der Waals surface area contributed by atoms with Crippen LogP contribution in [0.4, 0.5) is 0 Å². The van der Waals surface area contributed by atoms with E-state index in [0.29, 0.717) is 13.0 Å². The van der Waals surface area contributed by atoms with Crippen molar-refractivity contribution in [3.63, 3.8) is 0 Å². The van der Waals surface area contributed by atoms with Crippen molar-refractivity contribution in [2.24, 2.45) is 0 Å². The molecule has 0 aromatic carbocycles. The van der Waals surface area contributed by atoms with Crippen molar-refractivity contribution in [1.29, 1.82) is 0 Å². The number of hydrogen-bond acceptors (Lipinski definition) is 3. The van der Waals surface area contributed by atoms with E-state index >= 15 is 0 Å². The molecule has 1 N–H and O–H groups in total. The summed E-state index contributed by atoms with van der Waals surface area (Å²) >= 11 is 0. The van der Waals surface area contributed by atoms with Gasteiger partial charge in [-0.2, -0.15) is 0 Å². The van der Waals surface area contributed by atoms with E-state index in [1.165, 1.54) is 6.07 Å². The molecule has 1 aromatic heterocycles. The van der Waals surface area contributed by atoms with Crippen LogP contribution in [0.25, 0.3) is 0 Å². The molecule has 0 spiro atoms. The molecule has 2 rings (SSSR count). The summed E-state index contributed by atoms with van der Waals surface area (Å²) in [5.41, 5.74) is 0.621. The van der Waals surface area contributed by atoms with Gasteiger partial charge in [0.15, 0.2) is 0 Å². The lowest BCUT2D eigenvalue weighted by molar-refractivity contribution is -0.126. The van der Waals surface area contributed by atoms with Gasteiger partial charge in [0.05, 0.1) is 5.69 Å². The number of likely N-dealkylation sites (tertiary alicyclic amines) is 1. The molecule has 5 heteroatoms. The summed E-state index contributed by atoms with van der Waals surface area (Å²) in [7, 11) is 1.78. The van der Waals surface area contributed by atoms with Crippen molar-refractivity contribution in [1.82, 2.24) is 14.9 Å². The van der Waals surface area contributed by atoms with Gasteiger partial charge in [0.1, 0.15) is 5.82 Å². The summed E-state index contributed by atoms with van der Waals surface area (Å²) in [4.78, 5) is 31.8. The molecule has 1 saturated heterocycles. The van der Waals surface area contributed by atoms with Gasteiger partial charge in [-0.25, -0.2) is 4.98 Å². The van der Waals surface area contributed by atoms with E-state index in [-0.39, 0.29) is 17.4 Å². The van der Waals surface area contributed by atoms with E-state index in [4.69, 9.17) is 0 Å². The Morgan fingerprint density at radius 3 is 2.88 bits per heavy atom. The van der Waals surface area contributed by atoms with Crippen molar-refractivity contribution in [2.45, 2.75) is 32.1 Å². The van der Waals surface area contributed by atoms with Crippen LogP contribution in [-0.2, 0) is 11.2 Å². The highest BCUT2D eigenvalue weighted by Crippen LogP contribution is 2.24. The van der Waals surface area contributed by atoms with E-state index in [0.717, 1.165) is 24.4 Å². The lowest BCUT2D eigenvalue weighted by Gasteiger charge is -2.10. The Morgan fingerprint density at radius 1 is 1.53 bits per heavy atom. The number of aromatic nitrogens is 2. The minimum Gasteiger partial charge on any atom is -0.345 e. The smallest absolute Gasteiger partial charge is 0.251 e. The first-order valence-corrected chi connectivity index (χ1v) is 5.94. The number of rotatable bonds is 3. The van der Waals surface area contributed by atoms with Crippen LogP contribution in [-0.4, -0.2) is 34.4 Å². The van der Waals surface area contributed by atoms with Crippen LogP contribution in [0.5, 0.6) is 0 Å². The van der Waals surface area contributed by atoms with Crippen LogP contribution in [0, 0.1) is 0 Å². The fourth-order valence-electron chi connectivity index (χ4n) is 2.15. The van der Waals surface area contributed by atoms with E-state index < -0.39 is 0 Å². The Morgan fingerprint density at radius 2 is 2.29 bits per heavy atom. The van der Waals surface area contributed by atoms with Crippen LogP contribution >= 0.6 is 0 Å². The number of H-pyrrole nitrogens is 1. The summed E-state index contributed by atoms with van der Waals surface area (Å²) < 4.78 is 0. The summed E-state index contributed by atoms with van der Waals surface area (Å²) in [6, 6.07) is 1.51. The molecule has 1 fully saturated rings. The number of nitrogens with one attached hydrogen (secondary N) is 1. The standard InChI is InChI=1S/C12H17N3O2/c1-3-4-10-13-9(6-11(16)14-10)8-5-12(17)15(2)7-8/h6,8H,3-5,7H2,1-2H3,(H,13,14,16)/t8-/m1/s1. The third-order valence-electron chi connectivity index (χ3n) is 3.06. The minimum atomic E-state index is -0.125. The predicted molar refractivity (Wildman–Crippen MR) is 63.8 cm³/mol. The quantitative estimate of drug-likeness (QED) is 0.837. The molecule has 1 aliphatic heterocycles. The van der Waals surface area contributed by atoms with E-state index in [1.54, 1.807) is 11.9 Å². The Labute approximate surface area is 99.9 Å². The van der Waals surface area contributed by atoms with Crippen molar-refractivity contribution in [2.75, 3.05) is 13.6 Å². The first-order valence-electron chi connectivity index (χ1n) is 5.94. The number of aromatic amines is 1. The molecule has 1 atom stereocenters. The van der Waals surface area contributed by atoms with Crippen molar-refractivity contribution >= 4 is 5.91 Å². The average molecular weight is 235 g/mol. The van der Waals surface area contributed by atoms with Crippen LogP contribution < -0.4 is 5.56 Å². The molecule has 2 heterocycles. The number of likely N-dealkylation sites (N-methyl/N-ethyl adjacent to an activating group) is 1. The first kappa shape index (κ1) is 11.8. The van der Waals surface area contributed by atoms with Gasteiger partial charge in [-0.1, -0.05) is 6.92 Å². The maximum Gasteiger partial charge on any atom is 0.251 e. The Hall–Kier alpha value is -1.65. The molecular weight excluding hydrogens is 218 g/mol. The molecule has 5 nitrogen and oxygen atoms in total. The highest BCUT2D eigenvalue weighted by Gasteiger charge is 2.29. The Bertz CT molecular complexity index is 481. The molecule has 0 radical (unpaired) electrons. The van der Waals surface area contributed by atoms with Gasteiger partial charge in [0, 0.05) is 38.4 Å². The van der Waals surface area contributed by atoms with Crippen molar-refractivity contribution in [3.05, 3.63) is 27.9 Å². The number of hydrogen-bond donors (Lipinski definition) is 1. The van der Waals surface area contributed by atoms with Gasteiger partial charge in [0.25, 0.3) is 5.56 Å². The van der Waals surface area contributed by atoms with Crippen LogP contribution in [0.1, 0.15) is 37.2 Å². The van der Waals surface area contributed by atoms with E-state index in [1.807, 2.05) is 6.92 Å². The van der Waals surface area contributed by atoms with Crippen molar-refractivity contribution < 1.29 is 4.79 Å². The minimum absolute atomic E-state index is 0.0606. The Balaban J connectivity index is 2.27. The van der Waals surface area contributed by atoms with Crippen LogP contribution in [0.2, 0.25) is 0 Å². The van der Waals surface area contributed by atoms with Gasteiger partial charge < -0.3 is 9.88 Å². The van der Waals surface area contributed by atoms with E-state index in [9.17, 15) is 9.59 Å². The average Bonchev–Trinajstić information content (AvgIpc) is 2.59. The molecule has 1 aliphatic rings. The predicted octanol–water partition coefficient (Wildman–Crippen LogP) is 0.668. The molecule has 1 amide bonds. The molecule has 0 unspecified atom stereocenters.